The number of carbonyl (C=O) groups excluding carboxylic acids is 2. The molecule has 1 rings (SSSR count). The minimum absolute atomic E-state index is 0. The maximum absolute atomic E-state index is 12.0. The van der Waals surface area contributed by atoms with Gasteiger partial charge in [0, 0.05) is 11.3 Å². The summed E-state index contributed by atoms with van der Waals surface area (Å²) in [4.78, 5) is 23.1. The van der Waals surface area contributed by atoms with Crippen LogP contribution in [0.3, 0.4) is 0 Å². The quantitative estimate of drug-likeness (QED) is 0.715. The third kappa shape index (κ3) is 3.63. The van der Waals surface area contributed by atoms with E-state index in [0.29, 0.717) is 11.3 Å². The van der Waals surface area contributed by atoms with Gasteiger partial charge in [0.05, 0.1) is 0 Å². The summed E-state index contributed by atoms with van der Waals surface area (Å²) >= 11 is 0. The first kappa shape index (κ1) is 16.2. The van der Waals surface area contributed by atoms with Crippen molar-refractivity contribution in [2.45, 2.75) is 26.3 Å². The van der Waals surface area contributed by atoms with Crippen LogP contribution in [0, 0.1) is 6.92 Å². The Morgan fingerprint density at radius 3 is 2.33 bits per heavy atom. The van der Waals surface area contributed by atoms with Crippen LogP contribution in [0.5, 0.6) is 0 Å². The van der Waals surface area contributed by atoms with Crippen molar-refractivity contribution in [2.75, 3.05) is 5.73 Å². The molecule has 5 N–H and O–H groups in total. The van der Waals surface area contributed by atoms with Crippen LogP contribution in [0.2, 0.25) is 0 Å². The van der Waals surface area contributed by atoms with E-state index in [1.54, 1.807) is 39.0 Å². The Labute approximate surface area is 112 Å². The van der Waals surface area contributed by atoms with Gasteiger partial charge in [0.15, 0.2) is 0 Å². The fourth-order valence-electron chi connectivity index (χ4n) is 1.30. The standard InChI is InChI=1S/C12H17N3O2.ClH/c1-7-4-5-8(13)6-9(7)10(16)15-12(2,3)11(14)17;/h4-6H,13H2,1-3H3,(H2,14,17)(H,15,16);1H. The first-order valence-electron chi connectivity index (χ1n) is 5.22. The molecule has 5 nitrogen and oxygen atoms in total. The summed E-state index contributed by atoms with van der Waals surface area (Å²) in [7, 11) is 0. The molecule has 18 heavy (non-hydrogen) atoms. The van der Waals surface area contributed by atoms with Crippen LogP contribution in [0.15, 0.2) is 18.2 Å². The maximum atomic E-state index is 12.0. The number of rotatable bonds is 3. The van der Waals surface area contributed by atoms with Crippen molar-refractivity contribution in [1.29, 1.82) is 0 Å². The Bertz CT molecular complexity index is 472. The lowest BCUT2D eigenvalue weighted by atomic mass is 10.0. The number of primary amides is 1. The summed E-state index contributed by atoms with van der Waals surface area (Å²) in [5, 5.41) is 2.57. The molecule has 0 atom stereocenters. The largest absolute Gasteiger partial charge is 0.399 e. The molecular formula is C12H18ClN3O2. The molecule has 0 radical (unpaired) electrons. The van der Waals surface area contributed by atoms with Crippen LogP contribution in [0.25, 0.3) is 0 Å². The summed E-state index contributed by atoms with van der Waals surface area (Å²) in [6.07, 6.45) is 0. The monoisotopic (exact) mass is 271 g/mol. The summed E-state index contributed by atoms with van der Waals surface area (Å²) < 4.78 is 0. The number of carbonyl (C=O) groups is 2. The zero-order valence-electron chi connectivity index (χ0n) is 10.6. The third-order valence-corrected chi connectivity index (χ3v) is 2.55. The Morgan fingerprint density at radius 2 is 1.83 bits per heavy atom. The molecule has 0 saturated heterocycles. The van der Waals surface area contributed by atoms with Gasteiger partial charge in [-0.2, -0.15) is 0 Å². The van der Waals surface area contributed by atoms with Gasteiger partial charge in [0.2, 0.25) is 5.91 Å². The predicted molar refractivity (Wildman–Crippen MR) is 73.6 cm³/mol. The number of nitrogens with one attached hydrogen (secondary N) is 1. The highest BCUT2D eigenvalue weighted by Gasteiger charge is 2.27. The molecule has 1 aromatic carbocycles. The molecule has 0 aromatic heterocycles. The van der Waals surface area contributed by atoms with E-state index in [0.717, 1.165) is 5.56 Å². The number of aryl methyl sites for hydroxylation is 1. The lowest BCUT2D eigenvalue weighted by molar-refractivity contribution is -0.122. The second kappa shape index (κ2) is 5.73. The highest BCUT2D eigenvalue weighted by atomic mass is 35.5. The van der Waals surface area contributed by atoms with Crippen LogP contribution in [0.4, 0.5) is 5.69 Å². The van der Waals surface area contributed by atoms with Gasteiger partial charge in [-0.3, -0.25) is 9.59 Å². The number of halogens is 1. The second-order valence-corrected chi connectivity index (χ2v) is 4.52. The van der Waals surface area contributed by atoms with E-state index in [1.807, 2.05) is 0 Å². The van der Waals surface area contributed by atoms with Gasteiger partial charge < -0.3 is 16.8 Å². The van der Waals surface area contributed by atoms with Gasteiger partial charge >= 0.3 is 0 Å². The molecule has 0 aliphatic carbocycles. The Morgan fingerprint density at radius 1 is 1.28 bits per heavy atom. The predicted octanol–water partition coefficient (Wildman–Crippen LogP) is 0.993. The average molecular weight is 272 g/mol. The van der Waals surface area contributed by atoms with Crippen LogP contribution in [-0.2, 0) is 4.79 Å². The summed E-state index contributed by atoms with van der Waals surface area (Å²) in [6.45, 7) is 4.90. The first-order chi connectivity index (χ1) is 7.74. The number of hydrogen-bond acceptors (Lipinski definition) is 3. The van der Waals surface area contributed by atoms with Crippen molar-refractivity contribution in [3.63, 3.8) is 0 Å². The number of amides is 2. The zero-order chi connectivity index (χ0) is 13.2. The number of nitrogens with two attached hydrogens (primary N) is 2. The number of anilines is 1. The molecule has 0 heterocycles. The van der Waals surface area contributed by atoms with Crippen molar-refractivity contribution in [1.82, 2.24) is 5.32 Å². The Kier molecular flexibility index (Phi) is 5.17. The molecule has 0 bridgehead atoms. The average Bonchev–Trinajstić information content (AvgIpc) is 2.20. The fraction of sp³-hybridized carbons (Fsp3) is 0.333. The van der Waals surface area contributed by atoms with Gasteiger partial charge in [-0.1, -0.05) is 6.07 Å². The maximum Gasteiger partial charge on any atom is 0.252 e. The van der Waals surface area contributed by atoms with E-state index >= 15 is 0 Å². The lowest BCUT2D eigenvalue weighted by Gasteiger charge is -2.22. The molecule has 1 aromatic rings. The fourth-order valence-corrected chi connectivity index (χ4v) is 1.30. The highest BCUT2D eigenvalue weighted by molar-refractivity contribution is 6.00. The third-order valence-electron chi connectivity index (χ3n) is 2.55. The van der Waals surface area contributed by atoms with Gasteiger partial charge in [0.25, 0.3) is 5.91 Å². The van der Waals surface area contributed by atoms with E-state index < -0.39 is 11.4 Å². The highest BCUT2D eigenvalue weighted by Crippen LogP contribution is 2.14. The van der Waals surface area contributed by atoms with Crippen molar-refractivity contribution >= 4 is 29.9 Å². The summed E-state index contributed by atoms with van der Waals surface area (Å²) in [5.74, 6) is -0.953. The van der Waals surface area contributed by atoms with Crippen molar-refractivity contribution in [2.24, 2.45) is 5.73 Å². The van der Waals surface area contributed by atoms with Crippen LogP contribution in [-0.4, -0.2) is 17.4 Å². The van der Waals surface area contributed by atoms with E-state index in [9.17, 15) is 9.59 Å². The van der Waals surface area contributed by atoms with Crippen molar-refractivity contribution in [3.05, 3.63) is 29.3 Å². The zero-order valence-corrected chi connectivity index (χ0v) is 11.4. The van der Waals surface area contributed by atoms with Gasteiger partial charge in [0.1, 0.15) is 5.54 Å². The smallest absolute Gasteiger partial charge is 0.252 e. The molecule has 0 saturated carbocycles. The SMILES string of the molecule is Cc1ccc(N)cc1C(=O)NC(C)(C)C(N)=O.Cl. The van der Waals surface area contributed by atoms with Gasteiger partial charge in [-0.25, -0.2) is 0 Å². The Hall–Kier alpha value is -1.75. The van der Waals surface area contributed by atoms with E-state index in [1.165, 1.54) is 0 Å². The number of benzene rings is 1. The molecule has 0 spiro atoms. The van der Waals surface area contributed by atoms with Gasteiger partial charge in [-0.05, 0) is 38.5 Å². The topological polar surface area (TPSA) is 98.2 Å². The molecule has 0 unspecified atom stereocenters. The van der Waals surface area contributed by atoms with E-state index in [2.05, 4.69) is 5.32 Å². The molecule has 0 aliphatic heterocycles. The van der Waals surface area contributed by atoms with Crippen molar-refractivity contribution in [3.8, 4) is 0 Å². The first-order valence-corrected chi connectivity index (χ1v) is 5.22. The van der Waals surface area contributed by atoms with Crippen LogP contribution >= 0.6 is 12.4 Å². The summed E-state index contributed by atoms with van der Waals surface area (Å²) in [5.41, 5.74) is 11.4. The Balaban J connectivity index is 0.00000289. The van der Waals surface area contributed by atoms with Gasteiger partial charge in [-0.15, -0.1) is 12.4 Å². The molecule has 6 heteroatoms. The van der Waals surface area contributed by atoms with E-state index in [-0.39, 0.29) is 18.3 Å². The number of nitrogen functional groups attached to an aromatic ring is 1. The van der Waals surface area contributed by atoms with E-state index in [4.69, 9.17) is 11.5 Å². The summed E-state index contributed by atoms with van der Waals surface area (Å²) in [6, 6.07) is 5.04. The molecular weight excluding hydrogens is 254 g/mol. The molecule has 0 aliphatic rings. The van der Waals surface area contributed by atoms with Crippen LogP contribution < -0.4 is 16.8 Å². The minimum Gasteiger partial charge on any atom is -0.399 e. The normalized spacial score (nSPS) is 10.4. The minimum atomic E-state index is -1.09. The second-order valence-electron chi connectivity index (χ2n) is 4.52. The molecule has 100 valence electrons. The molecule has 0 fully saturated rings. The number of hydrogen-bond donors (Lipinski definition) is 3. The molecule has 2 amide bonds. The lowest BCUT2D eigenvalue weighted by Crippen LogP contribution is -2.53. The van der Waals surface area contributed by atoms with Crippen LogP contribution in [0.1, 0.15) is 29.8 Å². The van der Waals surface area contributed by atoms with Crippen molar-refractivity contribution < 1.29 is 9.59 Å².